The molecule has 2 heterocycles. The van der Waals surface area contributed by atoms with Crippen LogP contribution in [0.4, 0.5) is 0 Å². The fraction of sp³-hybridized carbons (Fsp3) is 0.976. The Bertz CT molecular complexity index is 718. The Hall–Kier alpha value is -0.690. The smallest absolute Gasteiger partial charge is 0.303 e. The molecule has 0 saturated carbocycles. The Balaban J connectivity index is 1.60. The van der Waals surface area contributed by atoms with E-state index in [1.54, 1.807) is 0 Å². The standard InChI is InChI=1S/C41H80N2O4/c1-4-6-20-26-38(27-21-7-5-2)28-22-16-12-9-8-10-14-18-24-30-41(31-25-19-15-11-13-17-23-29-40(44)45)46-37-39(47-41)36-43-34-32-42(3)33-35-43/h38-39H,4-37H2,1-3H3,(H,44,45). The van der Waals surface area contributed by atoms with Crippen LogP contribution in [0.5, 0.6) is 0 Å². The van der Waals surface area contributed by atoms with Gasteiger partial charge in [-0.05, 0) is 32.2 Å². The molecule has 0 amide bonds. The van der Waals surface area contributed by atoms with Crippen molar-refractivity contribution >= 4 is 5.97 Å². The Morgan fingerprint density at radius 1 is 0.660 bits per heavy atom. The van der Waals surface area contributed by atoms with Crippen LogP contribution in [0.2, 0.25) is 0 Å². The summed E-state index contributed by atoms with van der Waals surface area (Å²) < 4.78 is 13.3. The monoisotopic (exact) mass is 665 g/mol. The molecular formula is C41H80N2O4. The molecule has 1 N–H and O–H groups in total. The molecule has 0 aromatic heterocycles. The zero-order valence-corrected chi connectivity index (χ0v) is 31.8. The number of hydrogen-bond donors (Lipinski definition) is 1. The van der Waals surface area contributed by atoms with E-state index in [9.17, 15) is 4.79 Å². The summed E-state index contributed by atoms with van der Waals surface area (Å²) in [5.74, 6) is -0.0464. The number of carboxylic acids is 1. The largest absolute Gasteiger partial charge is 0.481 e. The lowest BCUT2D eigenvalue weighted by Crippen LogP contribution is -2.47. The first kappa shape index (κ1) is 42.5. The van der Waals surface area contributed by atoms with Gasteiger partial charge in [0.2, 0.25) is 0 Å². The first-order valence-electron chi connectivity index (χ1n) is 20.9. The molecule has 2 aliphatic rings. The second kappa shape index (κ2) is 28.1. The topological polar surface area (TPSA) is 62.2 Å². The molecular weight excluding hydrogens is 584 g/mol. The van der Waals surface area contributed by atoms with E-state index in [4.69, 9.17) is 14.6 Å². The Morgan fingerprint density at radius 2 is 1.11 bits per heavy atom. The summed E-state index contributed by atoms with van der Waals surface area (Å²) in [6, 6.07) is 0. The van der Waals surface area contributed by atoms with E-state index in [2.05, 4.69) is 30.7 Å². The number of carbonyl (C=O) groups is 1. The minimum absolute atomic E-state index is 0.204. The van der Waals surface area contributed by atoms with Crippen molar-refractivity contribution in [1.29, 1.82) is 0 Å². The summed E-state index contributed by atoms with van der Waals surface area (Å²) in [4.78, 5) is 15.7. The van der Waals surface area contributed by atoms with Crippen LogP contribution < -0.4 is 0 Å². The van der Waals surface area contributed by atoms with Crippen molar-refractivity contribution in [1.82, 2.24) is 9.80 Å². The van der Waals surface area contributed by atoms with Crippen molar-refractivity contribution in [2.75, 3.05) is 46.4 Å². The normalized spacial score (nSPS) is 20.9. The van der Waals surface area contributed by atoms with Crippen molar-refractivity contribution in [3.05, 3.63) is 0 Å². The summed E-state index contributed by atoms with van der Waals surface area (Å²) in [6.45, 7) is 11.0. The van der Waals surface area contributed by atoms with Crippen LogP contribution in [-0.2, 0) is 14.3 Å². The van der Waals surface area contributed by atoms with Crippen molar-refractivity contribution in [2.45, 2.75) is 206 Å². The van der Waals surface area contributed by atoms with E-state index in [1.807, 2.05) is 0 Å². The fourth-order valence-electron chi connectivity index (χ4n) is 7.83. The third-order valence-corrected chi connectivity index (χ3v) is 11.0. The molecule has 278 valence electrons. The van der Waals surface area contributed by atoms with Gasteiger partial charge in [-0.2, -0.15) is 0 Å². The van der Waals surface area contributed by atoms with E-state index < -0.39 is 5.97 Å². The first-order chi connectivity index (χ1) is 23.0. The van der Waals surface area contributed by atoms with Gasteiger partial charge in [0.15, 0.2) is 5.79 Å². The molecule has 0 aromatic rings. The van der Waals surface area contributed by atoms with E-state index in [1.165, 1.54) is 135 Å². The van der Waals surface area contributed by atoms with Gasteiger partial charge in [-0.25, -0.2) is 0 Å². The van der Waals surface area contributed by atoms with Gasteiger partial charge >= 0.3 is 5.97 Å². The van der Waals surface area contributed by atoms with Crippen LogP contribution in [0.15, 0.2) is 0 Å². The molecule has 0 aromatic carbocycles. The maximum Gasteiger partial charge on any atom is 0.303 e. The average molecular weight is 665 g/mol. The minimum Gasteiger partial charge on any atom is -0.481 e. The molecule has 47 heavy (non-hydrogen) atoms. The van der Waals surface area contributed by atoms with Crippen molar-refractivity contribution in [2.24, 2.45) is 5.92 Å². The van der Waals surface area contributed by atoms with Gasteiger partial charge in [-0.1, -0.05) is 155 Å². The molecule has 2 fully saturated rings. The van der Waals surface area contributed by atoms with Gasteiger partial charge in [0.1, 0.15) is 0 Å². The fourth-order valence-corrected chi connectivity index (χ4v) is 7.83. The summed E-state index contributed by atoms with van der Waals surface area (Å²) in [7, 11) is 2.22. The highest BCUT2D eigenvalue weighted by Gasteiger charge is 2.41. The number of ether oxygens (including phenoxy) is 2. The highest BCUT2D eigenvalue weighted by molar-refractivity contribution is 5.66. The van der Waals surface area contributed by atoms with Crippen LogP contribution in [0.25, 0.3) is 0 Å². The van der Waals surface area contributed by atoms with Gasteiger partial charge in [0.25, 0.3) is 0 Å². The van der Waals surface area contributed by atoms with E-state index >= 15 is 0 Å². The van der Waals surface area contributed by atoms with Crippen molar-refractivity contribution in [3.8, 4) is 0 Å². The van der Waals surface area contributed by atoms with Gasteiger partial charge < -0.3 is 19.5 Å². The van der Waals surface area contributed by atoms with Crippen LogP contribution in [0.3, 0.4) is 0 Å². The second-order valence-corrected chi connectivity index (χ2v) is 15.5. The van der Waals surface area contributed by atoms with Crippen molar-refractivity contribution in [3.63, 3.8) is 0 Å². The molecule has 6 heteroatoms. The highest BCUT2D eigenvalue weighted by atomic mass is 16.7. The molecule has 0 spiro atoms. The average Bonchev–Trinajstić information content (AvgIpc) is 3.46. The summed E-state index contributed by atoms with van der Waals surface area (Å²) in [5.41, 5.74) is 0. The number of carboxylic acid groups (broad SMARTS) is 1. The molecule has 0 bridgehead atoms. The number of aliphatic carboxylic acids is 1. The molecule has 2 saturated heterocycles. The van der Waals surface area contributed by atoms with Gasteiger partial charge in [0.05, 0.1) is 12.7 Å². The van der Waals surface area contributed by atoms with Crippen LogP contribution in [0.1, 0.15) is 194 Å². The lowest BCUT2D eigenvalue weighted by atomic mass is 9.90. The first-order valence-corrected chi connectivity index (χ1v) is 20.9. The number of piperazine rings is 1. The number of unbranched alkanes of at least 4 members (excludes halogenated alkanes) is 18. The summed E-state index contributed by atoms with van der Waals surface area (Å²) in [5, 5.41) is 8.82. The minimum atomic E-state index is -0.669. The zero-order chi connectivity index (χ0) is 33.8. The third-order valence-electron chi connectivity index (χ3n) is 11.0. The van der Waals surface area contributed by atoms with E-state index in [-0.39, 0.29) is 11.9 Å². The molecule has 0 radical (unpaired) electrons. The van der Waals surface area contributed by atoms with Gasteiger partial charge in [0, 0.05) is 52.0 Å². The molecule has 2 rings (SSSR count). The zero-order valence-electron chi connectivity index (χ0n) is 31.8. The number of rotatable bonds is 32. The van der Waals surface area contributed by atoms with E-state index in [0.717, 1.165) is 83.8 Å². The van der Waals surface area contributed by atoms with Crippen LogP contribution in [-0.4, -0.2) is 79.1 Å². The number of hydrogen-bond acceptors (Lipinski definition) is 5. The van der Waals surface area contributed by atoms with Gasteiger partial charge in [-0.3, -0.25) is 9.69 Å². The molecule has 2 atom stereocenters. The SMILES string of the molecule is CCCCCC(CCCCC)CCCCCCCCCCCC1(CCCCCCCCCC(=O)O)OCC(CN2CCN(C)CC2)O1. The Labute approximate surface area is 292 Å². The highest BCUT2D eigenvalue weighted by Crippen LogP contribution is 2.35. The predicted molar refractivity (Wildman–Crippen MR) is 199 cm³/mol. The lowest BCUT2D eigenvalue weighted by molar-refractivity contribution is -0.181. The predicted octanol–water partition coefficient (Wildman–Crippen LogP) is 11.0. The number of nitrogens with zero attached hydrogens (tertiary/aromatic N) is 2. The van der Waals surface area contributed by atoms with E-state index in [0.29, 0.717) is 6.42 Å². The summed E-state index contributed by atoms with van der Waals surface area (Å²) >= 11 is 0. The van der Waals surface area contributed by atoms with Gasteiger partial charge in [-0.15, -0.1) is 0 Å². The van der Waals surface area contributed by atoms with Crippen LogP contribution in [0, 0.1) is 5.92 Å². The number of likely N-dealkylation sites (N-methyl/N-ethyl adjacent to an activating group) is 1. The maximum atomic E-state index is 10.7. The summed E-state index contributed by atoms with van der Waals surface area (Å²) in [6.07, 6.45) is 35.6. The molecule has 2 unspecified atom stereocenters. The Morgan fingerprint density at radius 3 is 1.60 bits per heavy atom. The third kappa shape index (κ3) is 21.9. The molecule has 2 aliphatic heterocycles. The van der Waals surface area contributed by atoms with Crippen LogP contribution >= 0.6 is 0 Å². The Kier molecular flexibility index (Phi) is 25.4. The maximum absolute atomic E-state index is 10.7. The lowest BCUT2D eigenvalue weighted by Gasteiger charge is -2.34. The van der Waals surface area contributed by atoms with Crippen molar-refractivity contribution < 1.29 is 19.4 Å². The molecule has 0 aliphatic carbocycles. The quantitative estimate of drug-likeness (QED) is 0.0722. The molecule has 6 nitrogen and oxygen atoms in total. The second-order valence-electron chi connectivity index (χ2n) is 15.5.